The number of rotatable bonds is 4. The van der Waals surface area contributed by atoms with Crippen molar-refractivity contribution in [3.8, 4) is 28.5 Å². The Morgan fingerprint density at radius 3 is 2.00 bits per heavy atom. The molecule has 0 spiro atoms. The molecular formula is C13H15BrN2O3. The Balaban J connectivity index is 2.62. The molecule has 1 heterocycles. The molecule has 0 bridgehead atoms. The summed E-state index contributed by atoms with van der Waals surface area (Å²) in [6.07, 6.45) is 0. The van der Waals surface area contributed by atoms with E-state index in [0.717, 1.165) is 17.0 Å². The Morgan fingerprint density at radius 1 is 1.05 bits per heavy atom. The number of aromatic amines is 1. The van der Waals surface area contributed by atoms with Gasteiger partial charge in [0.15, 0.2) is 16.2 Å². The molecule has 2 aromatic rings. The Hall–Kier alpha value is -1.69. The number of H-pyrrole nitrogens is 1. The Labute approximate surface area is 120 Å². The Kier molecular flexibility index (Phi) is 3.99. The summed E-state index contributed by atoms with van der Waals surface area (Å²) in [5, 5.41) is 0. The van der Waals surface area contributed by atoms with Gasteiger partial charge in [0.05, 0.1) is 27.0 Å². The van der Waals surface area contributed by atoms with Crippen molar-refractivity contribution in [2.75, 3.05) is 21.3 Å². The lowest BCUT2D eigenvalue weighted by Gasteiger charge is -2.13. The second-order valence-corrected chi connectivity index (χ2v) is 4.67. The number of halogens is 1. The van der Waals surface area contributed by atoms with Gasteiger partial charge in [0.1, 0.15) is 0 Å². The van der Waals surface area contributed by atoms with Crippen molar-refractivity contribution < 1.29 is 14.2 Å². The maximum atomic E-state index is 5.33. The molecule has 0 saturated heterocycles. The topological polar surface area (TPSA) is 56.4 Å². The van der Waals surface area contributed by atoms with Crippen molar-refractivity contribution in [2.24, 2.45) is 0 Å². The van der Waals surface area contributed by atoms with Crippen LogP contribution in [-0.4, -0.2) is 31.3 Å². The smallest absolute Gasteiger partial charge is 0.203 e. The zero-order valence-electron chi connectivity index (χ0n) is 11.2. The number of nitrogens with one attached hydrogen (secondary N) is 1. The summed E-state index contributed by atoms with van der Waals surface area (Å²) in [5.41, 5.74) is 2.70. The summed E-state index contributed by atoms with van der Waals surface area (Å²) in [4.78, 5) is 7.50. The first-order valence-corrected chi connectivity index (χ1v) is 6.42. The van der Waals surface area contributed by atoms with Crippen LogP contribution < -0.4 is 14.2 Å². The molecule has 5 nitrogen and oxygen atoms in total. The van der Waals surface area contributed by atoms with Gasteiger partial charge in [0.2, 0.25) is 5.75 Å². The van der Waals surface area contributed by atoms with Gasteiger partial charge >= 0.3 is 0 Å². The third-order valence-corrected chi connectivity index (χ3v) is 3.17. The van der Waals surface area contributed by atoms with Crippen LogP contribution in [0.3, 0.4) is 0 Å². The lowest BCUT2D eigenvalue weighted by Crippen LogP contribution is -1.96. The molecule has 0 amide bonds. The fourth-order valence-corrected chi connectivity index (χ4v) is 2.40. The van der Waals surface area contributed by atoms with Gasteiger partial charge in [0, 0.05) is 11.3 Å². The van der Waals surface area contributed by atoms with Crippen LogP contribution in [0.25, 0.3) is 11.3 Å². The highest BCUT2D eigenvalue weighted by Gasteiger charge is 2.16. The van der Waals surface area contributed by atoms with E-state index in [2.05, 4.69) is 25.9 Å². The van der Waals surface area contributed by atoms with Crippen LogP contribution in [0.1, 0.15) is 5.69 Å². The number of methoxy groups -OCH3 is 3. The first kappa shape index (κ1) is 13.7. The highest BCUT2D eigenvalue weighted by atomic mass is 79.9. The van der Waals surface area contributed by atoms with Crippen molar-refractivity contribution in [1.29, 1.82) is 0 Å². The highest BCUT2D eigenvalue weighted by molar-refractivity contribution is 9.10. The minimum absolute atomic E-state index is 0.570. The second-order valence-electron chi connectivity index (χ2n) is 3.92. The summed E-state index contributed by atoms with van der Waals surface area (Å²) < 4.78 is 16.7. The molecule has 0 unspecified atom stereocenters. The SMILES string of the molecule is COc1cc(-c2nc(Br)[nH]c2C)cc(OC)c1OC. The molecule has 0 radical (unpaired) electrons. The minimum atomic E-state index is 0.570. The van der Waals surface area contributed by atoms with Crippen LogP contribution in [0.5, 0.6) is 17.2 Å². The molecular weight excluding hydrogens is 312 g/mol. The number of ether oxygens (including phenoxy) is 3. The molecule has 0 aliphatic carbocycles. The third-order valence-electron chi connectivity index (χ3n) is 2.79. The lowest BCUT2D eigenvalue weighted by molar-refractivity contribution is 0.324. The summed E-state index contributed by atoms with van der Waals surface area (Å²) in [7, 11) is 4.76. The van der Waals surface area contributed by atoms with E-state index in [1.54, 1.807) is 21.3 Å². The van der Waals surface area contributed by atoms with Crippen molar-refractivity contribution in [1.82, 2.24) is 9.97 Å². The molecule has 19 heavy (non-hydrogen) atoms. The zero-order valence-corrected chi connectivity index (χ0v) is 12.8. The molecule has 0 aliphatic heterocycles. The summed E-state index contributed by atoms with van der Waals surface area (Å²) in [5.74, 6) is 1.78. The van der Waals surface area contributed by atoms with Gasteiger partial charge in [-0.3, -0.25) is 0 Å². The van der Waals surface area contributed by atoms with Crippen LogP contribution >= 0.6 is 15.9 Å². The molecule has 6 heteroatoms. The van der Waals surface area contributed by atoms with E-state index in [1.165, 1.54) is 0 Å². The number of imidazole rings is 1. The Bertz CT molecular complexity index is 571. The number of aryl methyl sites for hydroxylation is 1. The molecule has 1 aromatic heterocycles. The fraction of sp³-hybridized carbons (Fsp3) is 0.308. The number of hydrogen-bond acceptors (Lipinski definition) is 4. The van der Waals surface area contributed by atoms with Crippen LogP contribution in [0.2, 0.25) is 0 Å². The van der Waals surface area contributed by atoms with Gasteiger partial charge in [-0.05, 0) is 35.0 Å². The van der Waals surface area contributed by atoms with E-state index in [4.69, 9.17) is 14.2 Å². The predicted octanol–water partition coefficient (Wildman–Crippen LogP) is 3.17. The average molecular weight is 327 g/mol. The van der Waals surface area contributed by atoms with E-state index < -0.39 is 0 Å². The summed E-state index contributed by atoms with van der Waals surface area (Å²) in [6.45, 7) is 1.95. The van der Waals surface area contributed by atoms with E-state index in [9.17, 15) is 0 Å². The van der Waals surface area contributed by atoms with Gasteiger partial charge in [-0.25, -0.2) is 4.98 Å². The molecule has 102 valence electrons. The number of hydrogen-bond donors (Lipinski definition) is 1. The highest BCUT2D eigenvalue weighted by Crippen LogP contribution is 2.41. The average Bonchev–Trinajstić information content (AvgIpc) is 2.75. The molecule has 2 rings (SSSR count). The van der Waals surface area contributed by atoms with E-state index in [-0.39, 0.29) is 0 Å². The minimum Gasteiger partial charge on any atom is -0.493 e. The monoisotopic (exact) mass is 326 g/mol. The van der Waals surface area contributed by atoms with E-state index in [1.807, 2.05) is 19.1 Å². The zero-order chi connectivity index (χ0) is 14.0. The van der Waals surface area contributed by atoms with Gasteiger partial charge < -0.3 is 19.2 Å². The first-order chi connectivity index (χ1) is 9.10. The van der Waals surface area contributed by atoms with Crippen LogP contribution in [0.4, 0.5) is 0 Å². The van der Waals surface area contributed by atoms with Gasteiger partial charge in [-0.2, -0.15) is 0 Å². The quantitative estimate of drug-likeness (QED) is 0.937. The van der Waals surface area contributed by atoms with Crippen LogP contribution in [0.15, 0.2) is 16.9 Å². The standard InChI is InChI=1S/C13H15BrN2O3/c1-7-11(16-13(14)15-7)8-5-9(17-2)12(19-4)10(6-8)18-3/h5-6H,1-4H3,(H,15,16). The first-order valence-electron chi connectivity index (χ1n) is 5.63. The summed E-state index contributed by atoms with van der Waals surface area (Å²) in [6, 6.07) is 3.74. The molecule has 0 aliphatic rings. The summed E-state index contributed by atoms with van der Waals surface area (Å²) >= 11 is 3.33. The van der Waals surface area contributed by atoms with Gasteiger partial charge in [-0.1, -0.05) is 0 Å². The van der Waals surface area contributed by atoms with Crippen molar-refractivity contribution in [3.63, 3.8) is 0 Å². The number of nitrogens with zero attached hydrogens (tertiary/aromatic N) is 1. The van der Waals surface area contributed by atoms with Crippen LogP contribution in [0, 0.1) is 6.92 Å². The van der Waals surface area contributed by atoms with Crippen LogP contribution in [-0.2, 0) is 0 Å². The van der Waals surface area contributed by atoms with E-state index in [0.29, 0.717) is 22.0 Å². The maximum Gasteiger partial charge on any atom is 0.203 e. The molecule has 0 fully saturated rings. The molecule has 1 aromatic carbocycles. The number of aromatic nitrogens is 2. The Morgan fingerprint density at radius 2 is 1.63 bits per heavy atom. The lowest BCUT2D eigenvalue weighted by atomic mass is 10.1. The normalized spacial score (nSPS) is 10.4. The van der Waals surface area contributed by atoms with Crippen molar-refractivity contribution >= 4 is 15.9 Å². The third kappa shape index (κ3) is 2.53. The predicted molar refractivity (Wildman–Crippen MR) is 76.1 cm³/mol. The largest absolute Gasteiger partial charge is 0.493 e. The molecule has 1 N–H and O–H groups in total. The maximum absolute atomic E-state index is 5.33. The number of benzene rings is 1. The van der Waals surface area contributed by atoms with E-state index >= 15 is 0 Å². The fourth-order valence-electron chi connectivity index (χ4n) is 1.92. The van der Waals surface area contributed by atoms with Crippen molar-refractivity contribution in [3.05, 3.63) is 22.6 Å². The van der Waals surface area contributed by atoms with Gasteiger partial charge in [0.25, 0.3) is 0 Å². The van der Waals surface area contributed by atoms with Gasteiger partial charge in [-0.15, -0.1) is 0 Å². The van der Waals surface area contributed by atoms with Crippen molar-refractivity contribution in [2.45, 2.75) is 6.92 Å². The molecule has 0 saturated carbocycles. The molecule has 0 atom stereocenters. The second kappa shape index (κ2) is 5.52.